The molecule has 0 aliphatic heterocycles. The summed E-state index contributed by atoms with van der Waals surface area (Å²) in [5.41, 5.74) is 4.69. The first-order valence-corrected chi connectivity index (χ1v) is 11.5. The molecule has 10 nitrogen and oxygen atoms in total. The number of aldehydes is 2. The molecule has 3 aromatic rings. The topological polar surface area (TPSA) is 139 Å². The molecule has 0 atom stereocenters. The van der Waals surface area contributed by atoms with E-state index in [0.717, 1.165) is 67.7 Å². The number of hydrogen-bond acceptors (Lipinski definition) is 7. The van der Waals surface area contributed by atoms with Gasteiger partial charge in [0.25, 0.3) is 0 Å². The van der Waals surface area contributed by atoms with Crippen LogP contribution in [0.5, 0.6) is 0 Å². The third kappa shape index (κ3) is 10.7. The zero-order chi connectivity index (χ0) is 25.9. The van der Waals surface area contributed by atoms with Crippen LogP contribution < -0.4 is 0 Å². The molecule has 3 heterocycles. The van der Waals surface area contributed by atoms with E-state index in [1.165, 1.54) is 6.33 Å². The Hall–Kier alpha value is -3.11. The van der Waals surface area contributed by atoms with Gasteiger partial charge in [-0.2, -0.15) is 0 Å². The highest BCUT2D eigenvalue weighted by atomic mass is 16.3. The van der Waals surface area contributed by atoms with Crippen molar-refractivity contribution in [2.45, 2.75) is 80.5 Å². The van der Waals surface area contributed by atoms with Crippen molar-refractivity contribution in [3.63, 3.8) is 0 Å². The van der Waals surface area contributed by atoms with Gasteiger partial charge in [0, 0.05) is 25.4 Å². The number of H-pyrrole nitrogens is 1. The number of aliphatic hydroxyl groups is 2. The molecular formula is C24H40N6O4. The van der Waals surface area contributed by atoms with Gasteiger partial charge in [-0.3, -0.25) is 9.59 Å². The smallest absolute Gasteiger partial charge is 0.170 e. The molecular weight excluding hydrogens is 436 g/mol. The molecule has 190 valence electrons. The van der Waals surface area contributed by atoms with Crippen LogP contribution in [-0.2, 0) is 19.7 Å². The SMILES string of the molecule is CCCO.CCCn1cnc(C)c1C=O.CCCn1cnc(C)c1CO.Cc1[nH]cnc1C=O. The molecule has 0 spiro atoms. The lowest BCUT2D eigenvalue weighted by molar-refractivity contribution is 0.110. The van der Waals surface area contributed by atoms with E-state index >= 15 is 0 Å². The molecule has 3 aromatic heterocycles. The van der Waals surface area contributed by atoms with Gasteiger partial charge < -0.3 is 24.3 Å². The summed E-state index contributed by atoms with van der Waals surface area (Å²) in [5, 5.41) is 16.8. The molecule has 10 heteroatoms. The summed E-state index contributed by atoms with van der Waals surface area (Å²) in [6.45, 7) is 13.9. The fourth-order valence-electron chi connectivity index (χ4n) is 2.70. The Bertz CT molecular complexity index is 943. The van der Waals surface area contributed by atoms with Crippen molar-refractivity contribution in [2.75, 3.05) is 6.61 Å². The number of rotatable bonds is 8. The maximum atomic E-state index is 10.5. The van der Waals surface area contributed by atoms with Crippen LogP contribution in [0.4, 0.5) is 0 Å². The van der Waals surface area contributed by atoms with Crippen LogP contribution in [0.15, 0.2) is 19.0 Å². The number of nitrogens with one attached hydrogen (secondary N) is 1. The van der Waals surface area contributed by atoms with Gasteiger partial charge in [0.1, 0.15) is 11.4 Å². The highest BCUT2D eigenvalue weighted by Gasteiger charge is 2.04. The number of carbonyl (C=O) groups is 2. The first-order chi connectivity index (χ1) is 16.3. The van der Waals surface area contributed by atoms with Crippen LogP contribution in [0, 0.1) is 20.8 Å². The van der Waals surface area contributed by atoms with E-state index in [-0.39, 0.29) is 6.61 Å². The molecule has 0 aliphatic carbocycles. The summed E-state index contributed by atoms with van der Waals surface area (Å²) in [6.07, 6.45) is 9.55. The fourth-order valence-corrected chi connectivity index (χ4v) is 2.70. The van der Waals surface area contributed by atoms with Crippen molar-refractivity contribution in [1.29, 1.82) is 0 Å². The molecule has 0 fully saturated rings. The minimum absolute atomic E-state index is 0.0891. The van der Waals surface area contributed by atoms with Gasteiger partial charge in [0.05, 0.1) is 42.7 Å². The summed E-state index contributed by atoms with van der Waals surface area (Å²) >= 11 is 0. The lowest BCUT2D eigenvalue weighted by atomic mass is 10.3. The van der Waals surface area contributed by atoms with Crippen molar-refractivity contribution in [1.82, 2.24) is 29.1 Å². The lowest BCUT2D eigenvalue weighted by Gasteiger charge is -2.03. The first kappa shape index (κ1) is 30.9. The summed E-state index contributed by atoms with van der Waals surface area (Å²) in [5.74, 6) is 0. The quantitative estimate of drug-likeness (QED) is 0.423. The van der Waals surface area contributed by atoms with E-state index in [1.807, 2.05) is 29.9 Å². The number of aromatic nitrogens is 6. The van der Waals surface area contributed by atoms with Crippen molar-refractivity contribution in [2.24, 2.45) is 0 Å². The molecule has 3 N–H and O–H groups in total. The van der Waals surface area contributed by atoms with Gasteiger partial charge in [-0.05, 0) is 40.0 Å². The lowest BCUT2D eigenvalue weighted by Crippen LogP contribution is -2.01. The first-order valence-electron chi connectivity index (χ1n) is 11.5. The number of imidazole rings is 3. The Balaban J connectivity index is 0.000000450. The zero-order valence-corrected chi connectivity index (χ0v) is 21.3. The molecule has 0 aromatic carbocycles. The molecule has 0 saturated heterocycles. The minimum Gasteiger partial charge on any atom is -0.396 e. The average Bonchev–Trinajstić information content (AvgIpc) is 3.53. The van der Waals surface area contributed by atoms with Crippen LogP contribution >= 0.6 is 0 Å². The molecule has 0 aliphatic rings. The van der Waals surface area contributed by atoms with Crippen LogP contribution in [0.3, 0.4) is 0 Å². The standard InChI is InChI=1S/C8H14N2O.C8H12N2O.C5H6N2O.C3H8O/c2*1-3-4-10-6-9-7(2)8(10)5-11;1-4-5(2-8)7-3-6-4;1-2-3-4/h6,11H,3-5H2,1-2H3;5-6H,3-4H2,1-2H3;2-3H,1H3,(H,6,7);4H,2-3H2,1H3. The van der Waals surface area contributed by atoms with Crippen LogP contribution in [-0.4, -0.2) is 58.5 Å². The maximum Gasteiger partial charge on any atom is 0.170 e. The van der Waals surface area contributed by atoms with E-state index in [2.05, 4.69) is 33.8 Å². The number of nitrogens with zero attached hydrogens (tertiary/aromatic N) is 5. The second-order valence-electron chi connectivity index (χ2n) is 7.41. The highest BCUT2D eigenvalue weighted by molar-refractivity contribution is 5.73. The third-order valence-electron chi connectivity index (χ3n) is 4.62. The van der Waals surface area contributed by atoms with Gasteiger partial charge in [-0.15, -0.1) is 0 Å². The third-order valence-corrected chi connectivity index (χ3v) is 4.62. The average molecular weight is 477 g/mol. The molecule has 0 radical (unpaired) electrons. The van der Waals surface area contributed by atoms with Gasteiger partial charge in [-0.25, -0.2) is 15.0 Å². The molecule has 0 bridgehead atoms. The van der Waals surface area contributed by atoms with E-state index < -0.39 is 0 Å². The van der Waals surface area contributed by atoms with Gasteiger partial charge >= 0.3 is 0 Å². The normalized spacial score (nSPS) is 9.65. The van der Waals surface area contributed by atoms with Crippen molar-refractivity contribution in [3.05, 3.63) is 53.1 Å². The van der Waals surface area contributed by atoms with Gasteiger partial charge in [0.2, 0.25) is 0 Å². The molecule has 0 unspecified atom stereocenters. The van der Waals surface area contributed by atoms with Crippen LogP contribution in [0.1, 0.15) is 83.8 Å². The molecule has 0 amide bonds. The van der Waals surface area contributed by atoms with E-state index in [4.69, 9.17) is 10.2 Å². The molecule has 3 rings (SSSR count). The Morgan fingerprint density at radius 1 is 0.853 bits per heavy atom. The second-order valence-corrected chi connectivity index (χ2v) is 7.41. The van der Waals surface area contributed by atoms with Crippen molar-refractivity contribution < 1.29 is 19.8 Å². The number of carbonyl (C=O) groups excluding carboxylic acids is 2. The zero-order valence-electron chi connectivity index (χ0n) is 21.3. The number of aliphatic hydroxyl groups excluding tert-OH is 2. The Kier molecular flexibility index (Phi) is 16.7. The van der Waals surface area contributed by atoms with Crippen molar-refractivity contribution >= 4 is 12.6 Å². The van der Waals surface area contributed by atoms with Crippen molar-refractivity contribution in [3.8, 4) is 0 Å². The maximum absolute atomic E-state index is 10.5. The predicted octanol–water partition coefficient (Wildman–Crippen LogP) is 3.43. The molecule has 0 saturated carbocycles. The number of hydrogen-bond donors (Lipinski definition) is 3. The molecule has 34 heavy (non-hydrogen) atoms. The van der Waals surface area contributed by atoms with Gasteiger partial charge in [0.15, 0.2) is 12.6 Å². The van der Waals surface area contributed by atoms with Gasteiger partial charge in [-0.1, -0.05) is 20.8 Å². The van der Waals surface area contributed by atoms with E-state index in [1.54, 1.807) is 19.6 Å². The second kappa shape index (κ2) is 18.3. The van der Waals surface area contributed by atoms with Crippen LogP contribution in [0.2, 0.25) is 0 Å². The summed E-state index contributed by atoms with van der Waals surface area (Å²) in [6, 6.07) is 0. The Labute approximate surface area is 202 Å². The summed E-state index contributed by atoms with van der Waals surface area (Å²) in [4.78, 5) is 35.2. The minimum atomic E-state index is 0.0891. The predicted molar refractivity (Wildman–Crippen MR) is 132 cm³/mol. The number of aryl methyl sites for hydroxylation is 5. The van der Waals surface area contributed by atoms with E-state index in [0.29, 0.717) is 18.0 Å². The fraction of sp³-hybridized carbons (Fsp3) is 0.542. The highest BCUT2D eigenvalue weighted by Crippen LogP contribution is 2.06. The number of aromatic amines is 1. The summed E-state index contributed by atoms with van der Waals surface area (Å²) in [7, 11) is 0. The Morgan fingerprint density at radius 2 is 1.41 bits per heavy atom. The van der Waals surface area contributed by atoms with Crippen LogP contribution in [0.25, 0.3) is 0 Å². The summed E-state index contributed by atoms with van der Waals surface area (Å²) < 4.78 is 3.87. The largest absolute Gasteiger partial charge is 0.396 e. The van der Waals surface area contributed by atoms with E-state index in [9.17, 15) is 9.59 Å². The Morgan fingerprint density at radius 3 is 1.82 bits per heavy atom. The monoisotopic (exact) mass is 476 g/mol.